The molecule has 0 amide bonds. The number of hydrogen-bond donors (Lipinski definition) is 2. The van der Waals surface area contributed by atoms with Gasteiger partial charge in [-0.15, -0.1) is 0 Å². The van der Waals surface area contributed by atoms with E-state index in [0.29, 0.717) is 5.95 Å². The van der Waals surface area contributed by atoms with E-state index in [1.54, 1.807) is 12.5 Å². The third-order valence-electron chi connectivity index (χ3n) is 2.74. The molecule has 3 rings (SSSR count). The van der Waals surface area contributed by atoms with Crippen LogP contribution >= 0.6 is 0 Å². The highest BCUT2D eigenvalue weighted by Gasteiger charge is 2.07. The zero-order valence-electron chi connectivity index (χ0n) is 8.81. The fraction of sp³-hybridized carbons (Fsp3) is 0.0909. The van der Waals surface area contributed by atoms with E-state index in [-0.39, 0.29) is 0 Å². The third-order valence-corrected chi connectivity index (χ3v) is 2.74. The molecular weight excluding hydrogens is 202 g/mol. The van der Waals surface area contributed by atoms with Crippen molar-refractivity contribution in [2.24, 2.45) is 7.05 Å². The SMILES string of the molecule is Cn1c(-c2ccc3nc[nH]c3c2)cnc1N. The number of nitrogens with two attached hydrogens (primary N) is 1. The number of rotatable bonds is 1. The van der Waals surface area contributed by atoms with Crippen LogP contribution in [-0.4, -0.2) is 19.5 Å². The van der Waals surface area contributed by atoms with Crippen molar-refractivity contribution in [1.29, 1.82) is 0 Å². The lowest BCUT2D eigenvalue weighted by Gasteiger charge is -2.03. The van der Waals surface area contributed by atoms with E-state index >= 15 is 0 Å². The van der Waals surface area contributed by atoms with Crippen molar-refractivity contribution in [3.05, 3.63) is 30.7 Å². The van der Waals surface area contributed by atoms with Crippen molar-refractivity contribution in [1.82, 2.24) is 19.5 Å². The van der Waals surface area contributed by atoms with Gasteiger partial charge in [0, 0.05) is 12.6 Å². The van der Waals surface area contributed by atoms with Crippen LogP contribution in [0, 0.1) is 0 Å². The van der Waals surface area contributed by atoms with Crippen molar-refractivity contribution in [3.63, 3.8) is 0 Å². The zero-order chi connectivity index (χ0) is 11.1. The minimum absolute atomic E-state index is 0.514. The van der Waals surface area contributed by atoms with Crippen molar-refractivity contribution >= 4 is 17.0 Å². The van der Waals surface area contributed by atoms with Crippen LogP contribution in [0.1, 0.15) is 0 Å². The van der Waals surface area contributed by atoms with Gasteiger partial charge in [-0.1, -0.05) is 6.07 Å². The quantitative estimate of drug-likeness (QED) is 0.644. The first-order valence-electron chi connectivity index (χ1n) is 4.96. The van der Waals surface area contributed by atoms with Gasteiger partial charge in [0.1, 0.15) is 0 Å². The van der Waals surface area contributed by atoms with E-state index in [1.807, 2.05) is 29.8 Å². The maximum Gasteiger partial charge on any atom is 0.200 e. The van der Waals surface area contributed by atoms with Crippen LogP contribution in [0.2, 0.25) is 0 Å². The number of nitrogen functional groups attached to an aromatic ring is 1. The largest absolute Gasteiger partial charge is 0.369 e. The maximum atomic E-state index is 5.70. The van der Waals surface area contributed by atoms with Gasteiger partial charge < -0.3 is 15.3 Å². The van der Waals surface area contributed by atoms with Crippen molar-refractivity contribution in [2.75, 3.05) is 5.73 Å². The second-order valence-corrected chi connectivity index (χ2v) is 3.70. The summed E-state index contributed by atoms with van der Waals surface area (Å²) in [7, 11) is 1.90. The first-order valence-corrected chi connectivity index (χ1v) is 4.96. The Morgan fingerprint density at radius 3 is 2.94 bits per heavy atom. The van der Waals surface area contributed by atoms with E-state index in [9.17, 15) is 0 Å². The molecule has 2 aromatic heterocycles. The number of nitrogens with zero attached hydrogens (tertiary/aromatic N) is 3. The van der Waals surface area contributed by atoms with Crippen LogP contribution in [0.25, 0.3) is 22.3 Å². The Bertz CT molecular complexity index is 649. The second-order valence-electron chi connectivity index (χ2n) is 3.70. The van der Waals surface area contributed by atoms with Crippen LogP contribution in [-0.2, 0) is 7.05 Å². The number of aromatic amines is 1. The molecule has 0 spiro atoms. The van der Waals surface area contributed by atoms with E-state index < -0.39 is 0 Å². The number of benzene rings is 1. The number of imidazole rings is 2. The lowest BCUT2D eigenvalue weighted by Crippen LogP contribution is -1.98. The number of aromatic nitrogens is 4. The Balaban J connectivity index is 2.21. The summed E-state index contributed by atoms with van der Waals surface area (Å²) in [6.45, 7) is 0. The lowest BCUT2D eigenvalue weighted by atomic mass is 10.1. The maximum absolute atomic E-state index is 5.70. The molecule has 5 heteroatoms. The number of fused-ring (bicyclic) bond motifs is 1. The molecule has 0 aliphatic rings. The van der Waals surface area contributed by atoms with E-state index in [4.69, 9.17) is 5.73 Å². The van der Waals surface area contributed by atoms with Gasteiger partial charge in [-0.3, -0.25) is 0 Å². The average Bonchev–Trinajstić information content (AvgIpc) is 2.86. The molecule has 1 aromatic carbocycles. The first-order chi connectivity index (χ1) is 7.75. The van der Waals surface area contributed by atoms with Crippen molar-refractivity contribution in [3.8, 4) is 11.3 Å². The van der Waals surface area contributed by atoms with E-state index in [2.05, 4.69) is 15.0 Å². The fourth-order valence-electron chi connectivity index (χ4n) is 1.79. The lowest BCUT2D eigenvalue weighted by molar-refractivity contribution is 0.938. The molecule has 5 nitrogen and oxygen atoms in total. The van der Waals surface area contributed by atoms with Crippen LogP contribution in [0.4, 0.5) is 5.95 Å². The summed E-state index contributed by atoms with van der Waals surface area (Å²) in [6, 6.07) is 6.03. The Morgan fingerprint density at radius 2 is 2.19 bits per heavy atom. The van der Waals surface area contributed by atoms with Gasteiger partial charge >= 0.3 is 0 Å². The molecule has 3 N–H and O–H groups in total. The van der Waals surface area contributed by atoms with Gasteiger partial charge in [-0.2, -0.15) is 0 Å². The summed E-state index contributed by atoms with van der Waals surface area (Å²) in [5, 5.41) is 0. The second kappa shape index (κ2) is 3.10. The molecule has 3 aromatic rings. The van der Waals surface area contributed by atoms with Gasteiger partial charge in [0.15, 0.2) is 5.95 Å². The highest BCUT2D eigenvalue weighted by Crippen LogP contribution is 2.23. The highest BCUT2D eigenvalue weighted by atomic mass is 15.1. The van der Waals surface area contributed by atoms with Crippen LogP contribution in [0.5, 0.6) is 0 Å². The van der Waals surface area contributed by atoms with Crippen molar-refractivity contribution < 1.29 is 0 Å². The Morgan fingerprint density at radius 1 is 1.31 bits per heavy atom. The molecule has 0 bridgehead atoms. The summed E-state index contributed by atoms with van der Waals surface area (Å²) in [6.07, 6.45) is 3.46. The monoisotopic (exact) mass is 213 g/mol. The summed E-state index contributed by atoms with van der Waals surface area (Å²) < 4.78 is 1.86. The summed E-state index contributed by atoms with van der Waals surface area (Å²) in [4.78, 5) is 11.3. The molecule has 2 heterocycles. The molecule has 0 aliphatic carbocycles. The Hall–Kier alpha value is -2.30. The number of H-pyrrole nitrogens is 1. The summed E-state index contributed by atoms with van der Waals surface area (Å²) >= 11 is 0. The Labute approximate surface area is 91.9 Å². The predicted octanol–water partition coefficient (Wildman–Crippen LogP) is 1.55. The van der Waals surface area contributed by atoms with Gasteiger partial charge in [0.05, 0.1) is 29.3 Å². The first kappa shape index (κ1) is 8.96. The normalized spacial score (nSPS) is 11.1. The molecule has 0 atom stereocenters. The number of anilines is 1. The number of nitrogens with one attached hydrogen (secondary N) is 1. The minimum atomic E-state index is 0.514. The van der Waals surface area contributed by atoms with Crippen LogP contribution < -0.4 is 5.73 Å². The highest BCUT2D eigenvalue weighted by molar-refractivity contribution is 5.80. The molecule has 80 valence electrons. The number of hydrogen-bond acceptors (Lipinski definition) is 3. The Kier molecular flexibility index (Phi) is 1.73. The van der Waals surface area contributed by atoms with Gasteiger partial charge in [-0.05, 0) is 12.1 Å². The third kappa shape index (κ3) is 1.18. The van der Waals surface area contributed by atoms with Crippen LogP contribution in [0.3, 0.4) is 0 Å². The van der Waals surface area contributed by atoms with Gasteiger partial charge in [-0.25, -0.2) is 9.97 Å². The molecule has 16 heavy (non-hydrogen) atoms. The zero-order valence-corrected chi connectivity index (χ0v) is 8.81. The van der Waals surface area contributed by atoms with Crippen LogP contribution in [0.15, 0.2) is 30.7 Å². The molecule has 0 unspecified atom stereocenters. The molecule has 0 fully saturated rings. The topological polar surface area (TPSA) is 72.5 Å². The predicted molar refractivity (Wildman–Crippen MR) is 62.7 cm³/mol. The van der Waals surface area contributed by atoms with Gasteiger partial charge in [0.2, 0.25) is 0 Å². The molecular formula is C11H11N5. The standard InChI is InChI=1S/C11H11N5/c1-16-10(5-13-11(16)12)7-2-3-8-9(4-7)15-6-14-8/h2-6H,1H3,(H2,12,13)(H,14,15). The average molecular weight is 213 g/mol. The van der Waals surface area contributed by atoms with E-state index in [0.717, 1.165) is 22.3 Å². The summed E-state index contributed by atoms with van der Waals surface area (Å²) in [5.74, 6) is 0.514. The molecule has 0 aliphatic heterocycles. The van der Waals surface area contributed by atoms with E-state index in [1.165, 1.54) is 0 Å². The minimum Gasteiger partial charge on any atom is -0.369 e. The fourth-order valence-corrected chi connectivity index (χ4v) is 1.79. The molecule has 0 saturated heterocycles. The van der Waals surface area contributed by atoms with Gasteiger partial charge in [0.25, 0.3) is 0 Å². The molecule has 0 saturated carbocycles. The molecule has 0 radical (unpaired) electrons. The summed E-state index contributed by atoms with van der Waals surface area (Å²) in [5.41, 5.74) is 9.74. The smallest absolute Gasteiger partial charge is 0.200 e. The van der Waals surface area contributed by atoms with Crippen molar-refractivity contribution in [2.45, 2.75) is 0 Å².